The van der Waals surface area contributed by atoms with Crippen LogP contribution in [0.15, 0.2) is 42.5 Å². The zero-order chi connectivity index (χ0) is 16.8. The van der Waals surface area contributed by atoms with Crippen molar-refractivity contribution in [1.82, 2.24) is 0 Å². The van der Waals surface area contributed by atoms with Crippen molar-refractivity contribution in [3.63, 3.8) is 0 Å². The molecule has 0 radical (unpaired) electrons. The lowest BCUT2D eigenvalue weighted by Crippen LogP contribution is -2.11. The number of benzene rings is 2. The summed E-state index contributed by atoms with van der Waals surface area (Å²) in [4.78, 5) is 0. The fourth-order valence-electron chi connectivity index (χ4n) is 2.61. The lowest BCUT2D eigenvalue weighted by molar-refractivity contribution is 0.138. The molecule has 5 heteroatoms. The van der Waals surface area contributed by atoms with Gasteiger partial charge in [-0.2, -0.15) is 0 Å². The van der Waals surface area contributed by atoms with Crippen LogP contribution < -0.4 is 9.47 Å². The topological polar surface area (TPSA) is 79.2 Å². The molecule has 0 saturated heterocycles. The van der Waals surface area contributed by atoms with Crippen LogP contribution in [0.5, 0.6) is 17.2 Å². The second kappa shape index (κ2) is 7.85. The first-order valence-corrected chi connectivity index (χ1v) is 7.39. The van der Waals surface area contributed by atoms with Crippen LogP contribution in [0.25, 0.3) is 0 Å². The molecule has 0 aliphatic heterocycles. The summed E-state index contributed by atoms with van der Waals surface area (Å²) in [5, 5.41) is 29.8. The molecule has 0 aliphatic rings. The molecule has 2 unspecified atom stereocenters. The summed E-state index contributed by atoms with van der Waals surface area (Å²) in [7, 11) is 3.03. The van der Waals surface area contributed by atoms with Gasteiger partial charge >= 0.3 is 0 Å². The van der Waals surface area contributed by atoms with Gasteiger partial charge in [-0.1, -0.05) is 24.3 Å². The molecule has 0 fully saturated rings. The van der Waals surface area contributed by atoms with Gasteiger partial charge in [-0.3, -0.25) is 0 Å². The normalized spacial score (nSPS) is 13.4. The zero-order valence-electron chi connectivity index (χ0n) is 13.3. The number of methoxy groups -OCH3 is 2. The van der Waals surface area contributed by atoms with E-state index < -0.39 is 6.10 Å². The fourth-order valence-corrected chi connectivity index (χ4v) is 2.61. The number of aliphatic hydroxyl groups excluding tert-OH is 2. The number of rotatable bonds is 7. The molecular formula is C18H22O5. The summed E-state index contributed by atoms with van der Waals surface area (Å²) < 4.78 is 10.4. The van der Waals surface area contributed by atoms with Crippen molar-refractivity contribution >= 4 is 0 Å². The Labute approximate surface area is 135 Å². The highest BCUT2D eigenvalue weighted by Gasteiger charge is 2.21. The van der Waals surface area contributed by atoms with E-state index in [2.05, 4.69) is 0 Å². The standard InChI is InChI=1S/C18H22O5/c1-22-17-6-4-3-5-14(17)13(11-19)9-16(21)12-7-8-15(20)18(10-12)23-2/h3-8,10,13,16,19-21H,9,11H2,1-2H3. The summed E-state index contributed by atoms with van der Waals surface area (Å²) in [6, 6.07) is 12.1. The van der Waals surface area contributed by atoms with Gasteiger partial charge in [0.2, 0.25) is 0 Å². The molecule has 0 aromatic heterocycles. The molecule has 2 rings (SSSR count). The van der Waals surface area contributed by atoms with E-state index in [1.807, 2.05) is 24.3 Å². The third-order valence-corrected chi connectivity index (χ3v) is 3.90. The maximum atomic E-state index is 10.5. The second-order valence-electron chi connectivity index (χ2n) is 5.30. The van der Waals surface area contributed by atoms with Crippen LogP contribution in [0.3, 0.4) is 0 Å². The largest absolute Gasteiger partial charge is 0.504 e. The van der Waals surface area contributed by atoms with Gasteiger partial charge < -0.3 is 24.8 Å². The van der Waals surface area contributed by atoms with Crippen molar-refractivity contribution in [2.24, 2.45) is 0 Å². The first kappa shape index (κ1) is 17.1. The molecule has 0 saturated carbocycles. The van der Waals surface area contributed by atoms with E-state index in [0.29, 0.717) is 23.5 Å². The van der Waals surface area contributed by atoms with Crippen molar-refractivity contribution in [2.75, 3.05) is 20.8 Å². The summed E-state index contributed by atoms with van der Waals surface area (Å²) in [5.41, 5.74) is 1.47. The average molecular weight is 318 g/mol. The molecule has 3 N–H and O–H groups in total. The lowest BCUT2D eigenvalue weighted by Gasteiger charge is -2.21. The van der Waals surface area contributed by atoms with Gasteiger partial charge in [-0.25, -0.2) is 0 Å². The minimum absolute atomic E-state index is 0.0203. The summed E-state index contributed by atoms with van der Waals surface area (Å²) in [6.07, 6.45) is -0.475. The van der Waals surface area contributed by atoms with Crippen molar-refractivity contribution in [3.8, 4) is 17.2 Å². The Kier molecular flexibility index (Phi) is 5.84. The number of phenolic OH excluding ortho intramolecular Hbond substituents is 1. The molecule has 124 valence electrons. The van der Waals surface area contributed by atoms with Gasteiger partial charge in [0, 0.05) is 5.92 Å². The van der Waals surface area contributed by atoms with Gasteiger partial charge in [0.25, 0.3) is 0 Å². The first-order chi connectivity index (χ1) is 11.1. The van der Waals surface area contributed by atoms with Gasteiger partial charge in [0.05, 0.1) is 26.9 Å². The predicted molar refractivity (Wildman–Crippen MR) is 87.1 cm³/mol. The van der Waals surface area contributed by atoms with E-state index in [1.54, 1.807) is 19.2 Å². The Morgan fingerprint density at radius 2 is 1.70 bits per heavy atom. The number of aliphatic hydroxyl groups is 2. The Morgan fingerprint density at radius 1 is 1.00 bits per heavy atom. The lowest BCUT2D eigenvalue weighted by atomic mass is 9.90. The van der Waals surface area contributed by atoms with E-state index in [4.69, 9.17) is 9.47 Å². The van der Waals surface area contributed by atoms with E-state index in [9.17, 15) is 15.3 Å². The van der Waals surface area contributed by atoms with Crippen molar-refractivity contribution in [1.29, 1.82) is 0 Å². The smallest absolute Gasteiger partial charge is 0.160 e. The molecule has 0 amide bonds. The Bertz CT molecular complexity index is 641. The molecule has 5 nitrogen and oxygen atoms in total. The molecular weight excluding hydrogens is 296 g/mol. The highest BCUT2D eigenvalue weighted by Crippen LogP contribution is 2.35. The third-order valence-electron chi connectivity index (χ3n) is 3.90. The molecule has 23 heavy (non-hydrogen) atoms. The SMILES string of the molecule is COc1cc(C(O)CC(CO)c2ccccc2OC)ccc1O. The summed E-state index contributed by atoms with van der Waals surface area (Å²) >= 11 is 0. The number of phenols is 1. The van der Waals surface area contributed by atoms with Gasteiger partial charge in [-0.15, -0.1) is 0 Å². The number of ether oxygens (including phenoxy) is 2. The van der Waals surface area contributed by atoms with Crippen LogP contribution in [0.2, 0.25) is 0 Å². The van der Waals surface area contributed by atoms with Gasteiger partial charge in [0.1, 0.15) is 5.75 Å². The molecule has 2 aromatic rings. The molecule has 2 aromatic carbocycles. The quantitative estimate of drug-likeness (QED) is 0.731. The van der Waals surface area contributed by atoms with Crippen molar-refractivity contribution in [2.45, 2.75) is 18.4 Å². The molecule has 0 bridgehead atoms. The zero-order valence-corrected chi connectivity index (χ0v) is 13.3. The minimum atomic E-state index is -0.799. The highest BCUT2D eigenvalue weighted by molar-refractivity contribution is 5.43. The van der Waals surface area contributed by atoms with Gasteiger partial charge in [-0.05, 0) is 35.7 Å². The second-order valence-corrected chi connectivity index (χ2v) is 5.30. The van der Waals surface area contributed by atoms with E-state index >= 15 is 0 Å². The number of hydrogen-bond acceptors (Lipinski definition) is 5. The maximum Gasteiger partial charge on any atom is 0.160 e. The fraction of sp³-hybridized carbons (Fsp3) is 0.333. The van der Waals surface area contributed by atoms with Crippen LogP contribution in [0.4, 0.5) is 0 Å². The van der Waals surface area contributed by atoms with Gasteiger partial charge in [0.15, 0.2) is 11.5 Å². The predicted octanol–water partition coefficient (Wildman–Crippen LogP) is 2.61. The third kappa shape index (κ3) is 3.94. The van der Waals surface area contributed by atoms with Crippen LogP contribution >= 0.6 is 0 Å². The van der Waals surface area contributed by atoms with E-state index in [-0.39, 0.29) is 18.3 Å². The van der Waals surface area contributed by atoms with E-state index in [0.717, 1.165) is 5.56 Å². The van der Waals surface area contributed by atoms with Crippen molar-refractivity contribution in [3.05, 3.63) is 53.6 Å². The molecule has 0 heterocycles. The van der Waals surface area contributed by atoms with Crippen LogP contribution in [-0.2, 0) is 0 Å². The monoisotopic (exact) mass is 318 g/mol. The highest BCUT2D eigenvalue weighted by atomic mass is 16.5. The Morgan fingerprint density at radius 3 is 2.35 bits per heavy atom. The average Bonchev–Trinajstić information content (AvgIpc) is 2.59. The number of aromatic hydroxyl groups is 1. The van der Waals surface area contributed by atoms with Crippen molar-refractivity contribution < 1.29 is 24.8 Å². The number of hydrogen-bond donors (Lipinski definition) is 3. The van der Waals surface area contributed by atoms with E-state index in [1.165, 1.54) is 13.2 Å². The molecule has 0 aliphatic carbocycles. The number of para-hydroxylation sites is 1. The summed E-state index contributed by atoms with van der Waals surface area (Å²) in [5.74, 6) is 0.745. The molecule has 2 atom stereocenters. The Hall–Kier alpha value is -2.24. The minimum Gasteiger partial charge on any atom is -0.504 e. The first-order valence-electron chi connectivity index (χ1n) is 7.39. The Balaban J connectivity index is 2.21. The maximum absolute atomic E-state index is 10.5. The van der Waals surface area contributed by atoms with Crippen LogP contribution in [-0.4, -0.2) is 36.1 Å². The van der Waals surface area contributed by atoms with Crippen LogP contribution in [0, 0.1) is 0 Å². The molecule has 0 spiro atoms. The summed E-state index contributed by atoms with van der Waals surface area (Å²) in [6.45, 7) is -0.105. The van der Waals surface area contributed by atoms with Crippen LogP contribution in [0.1, 0.15) is 29.6 Å².